The third kappa shape index (κ3) is 1.42. The van der Waals surface area contributed by atoms with E-state index in [1.54, 1.807) is 6.92 Å². The lowest BCUT2D eigenvalue weighted by molar-refractivity contribution is 0.432. The van der Waals surface area contributed by atoms with Gasteiger partial charge in [-0.05, 0) is 18.6 Å². The van der Waals surface area contributed by atoms with Gasteiger partial charge in [-0.15, -0.1) is 0 Å². The smallest absolute Gasteiger partial charge is 0.170 e. The van der Waals surface area contributed by atoms with Crippen LogP contribution in [0.5, 0.6) is 5.75 Å². The Kier molecular flexibility index (Phi) is 2.25. The van der Waals surface area contributed by atoms with E-state index >= 15 is 0 Å². The Bertz CT molecular complexity index is 273. The predicted octanol–water partition coefficient (Wildman–Crippen LogP) is 3.15. The largest absolute Gasteiger partial charge is 0.504 e. The summed E-state index contributed by atoms with van der Waals surface area (Å²) in [5.74, 6) is -1.35. The molecule has 60 valence electrons. The molecule has 0 aromatic heterocycles. The van der Waals surface area contributed by atoms with Crippen molar-refractivity contribution in [2.75, 3.05) is 0 Å². The molecule has 0 aliphatic heterocycles. The zero-order valence-corrected chi connectivity index (χ0v) is 7.17. The SMILES string of the molecule is Cc1c(Cl)cc(F)c(O)c1Cl. The van der Waals surface area contributed by atoms with Crippen LogP contribution in [0.15, 0.2) is 6.07 Å². The van der Waals surface area contributed by atoms with Gasteiger partial charge in [-0.1, -0.05) is 23.2 Å². The number of phenols is 1. The van der Waals surface area contributed by atoms with Gasteiger partial charge in [0, 0.05) is 5.02 Å². The van der Waals surface area contributed by atoms with Crippen LogP contribution < -0.4 is 0 Å². The summed E-state index contributed by atoms with van der Waals surface area (Å²) in [7, 11) is 0. The van der Waals surface area contributed by atoms with Crippen molar-refractivity contribution < 1.29 is 9.50 Å². The molecule has 0 heterocycles. The molecule has 1 aromatic carbocycles. The monoisotopic (exact) mass is 194 g/mol. The van der Waals surface area contributed by atoms with Crippen LogP contribution in [0, 0.1) is 12.7 Å². The molecule has 0 saturated carbocycles. The molecule has 1 nitrogen and oxygen atoms in total. The summed E-state index contributed by atoms with van der Waals surface area (Å²) in [4.78, 5) is 0. The minimum absolute atomic E-state index is 0.0324. The fourth-order valence-electron chi connectivity index (χ4n) is 0.675. The highest BCUT2D eigenvalue weighted by molar-refractivity contribution is 6.36. The van der Waals surface area contributed by atoms with Crippen molar-refractivity contribution >= 4 is 23.2 Å². The molecular weight excluding hydrogens is 190 g/mol. The number of hydrogen-bond donors (Lipinski definition) is 1. The normalized spacial score (nSPS) is 10.2. The number of phenolic OH excluding ortho intramolecular Hbond substituents is 1. The molecule has 1 rings (SSSR count). The molecule has 0 spiro atoms. The van der Waals surface area contributed by atoms with Crippen molar-refractivity contribution in [2.45, 2.75) is 6.92 Å². The van der Waals surface area contributed by atoms with E-state index < -0.39 is 11.6 Å². The Labute approximate surface area is 73.4 Å². The van der Waals surface area contributed by atoms with Gasteiger partial charge in [-0.3, -0.25) is 0 Å². The maximum Gasteiger partial charge on any atom is 0.170 e. The van der Waals surface area contributed by atoms with Crippen molar-refractivity contribution in [2.24, 2.45) is 0 Å². The molecule has 1 aromatic rings. The average molecular weight is 195 g/mol. The van der Waals surface area contributed by atoms with Crippen LogP contribution in [0.3, 0.4) is 0 Å². The van der Waals surface area contributed by atoms with Crippen LogP contribution in [0.1, 0.15) is 5.56 Å². The number of halogens is 3. The summed E-state index contributed by atoms with van der Waals surface area (Å²) in [5, 5.41) is 9.13. The van der Waals surface area contributed by atoms with Crippen LogP contribution in [-0.4, -0.2) is 5.11 Å². The van der Waals surface area contributed by atoms with Crippen LogP contribution in [0.25, 0.3) is 0 Å². The Morgan fingerprint density at radius 2 is 2.00 bits per heavy atom. The summed E-state index contributed by atoms with van der Waals surface area (Å²) in [6, 6.07) is 1.03. The summed E-state index contributed by atoms with van der Waals surface area (Å²) >= 11 is 11.1. The van der Waals surface area contributed by atoms with Crippen molar-refractivity contribution in [3.05, 3.63) is 27.5 Å². The highest BCUT2D eigenvalue weighted by Crippen LogP contribution is 2.34. The molecule has 11 heavy (non-hydrogen) atoms. The van der Waals surface area contributed by atoms with Crippen molar-refractivity contribution in [1.29, 1.82) is 0 Å². The number of benzene rings is 1. The minimum Gasteiger partial charge on any atom is -0.504 e. The van der Waals surface area contributed by atoms with Gasteiger partial charge in [0.2, 0.25) is 0 Å². The summed E-state index contributed by atoms with van der Waals surface area (Å²) in [6.07, 6.45) is 0. The zero-order chi connectivity index (χ0) is 8.59. The van der Waals surface area contributed by atoms with E-state index in [1.807, 2.05) is 0 Å². The molecule has 0 aliphatic carbocycles. The number of rotatable bonds is 0. The first-order valence-corrected chi connectivity index (χ1v) is 3.62. The quantitative estimate of drug-likeness (QED) is 0.674. The van der Waals surface area contributed by atoms with Gasteiger partial charge < -0.3 is 5.11 Å². The fraction of sp³-hybridized carbons (Fsp3) is 0.143. The molecule has 0 saturated heterocycles. The molecule has 0 amide bonds. The van der Waals surface area contributed by atoms with E-state index in [0.717, 1.165) is 6.07 Å². The number of aromatic hydroxyl groups is 1. The van der Waals surface area contributed by atoms with Crippen molar-refractivity contribution in [3.63, 3.8) is 0 Å². The van der Waals surface area contributed by atoms with Crippen LogP contribution in [0.4, 0.5) is 4.39 Å². The average Bonchev–Trinajstić information content (AvgIpc) is 1.97. The van der Waals surface area contributed by atoms with Gasteiger partial charge in [0.15, 0.2) is 11.6 Å². The second-order valence-corrected chi connectivity index (χ2v) is 2.91. The Balaban J connectivity index is 3.46. The van der Waals surface area contributed by atoms with Gasteiger partial charge in [0.1, 0.15) is 0 Å². The summed E-state index contributed by atoms with van der Waals surface area (Å²) < 4.78 is 12.6. The topological polar surface area (TPSA) is 20.2 Å². The van der Waals surface area contributed by atoms with Gasteiger partial charge >= 0.3 is 0 Å². The number of hydrogen-bond acceptors (Lipinski definition) is 1. The second kappa shape index (κ2) is 2.88. The summed E-state index contributed by atoms with van der Waals surface area (Å²) in [5.41, 5.74) is 0.479. The predicted molar refractivity (Wildman–Crippen MR) is 42.8 cm³/mol. The Morgan fingerprint density at radius 3 is 2.55 bits per heavy atom. The molecule has 0 radical (unpaired) electrons. The van der Waals surface area contributed by atoms with Crippen molar-refractivity contribution in [1.82, 2.24) is 0 Å². The van der Waals surface area contributed by atoms with E-state index in [1.165, 1.54) is 0 Å². The fourth-order valence-corrected chi connectivity index (χ4v) is 1.11. The van der Waals surface area contributed by atoms with E-state index in [2.05, 4.69) is 0 Å². The van der Waals surface area contributed by atoms with E-state index in [-0.39, 0.29) is 10.0 Å². The maximum absolute atomic E-state index is 12.6. The molecule has 0 aliphatic rings. The van der Waals surface area contributed by atoms with Crippen LogP contribution in [0.2, 0.25) is 10.0 Å². The third-order valence-electron chi connectivity index (χ3n) is 1.38. The highest BCUT2D eigenvalue weighted by atomic mass is 35.5. The highest BCUT2D eigenvalue weighted by Gasteiger charge is 2.11. The minimum atomic E-state index is -0.800. The van der Waals surface area contributed by atoms with E-state index in [9.17, 15) is 4.39 Å². The standard InChI is InChI=1S/C7H5Cl2FO/c1-3-4(8)2-5(10)7(11)6(3)9/h2,11H,1H3. The second-order valence-electron chi connectivity index (χ2n) is 2.13. The molecule has 0 atom stereocenters. The van der Waals surface area contributed by atoms with Crippen LogP contribution >= 0.6 is 23.2 Å². The lowest BCUT2D eigenvalue weighted by Crippen LogP contribution is -1.83. The lowest BCUT2D eigenvalue weighted by Gasteiger charge is -2.03. The zero-order valence-electron chi connectivity index (χ0n) is 5.66. The molecule has 4 heteroatoms. The van der Waals surface area contributed by atoms with Gasteiger partial charge in [-0.2, -0.15) is 0 Å². The van der Waals surface area contributed by atoms with E-state index in [0.29, 0.717) is 5.56 Å². The first-order valence-electron chi connectivity index (χ1n) is 2.87. The third-order valence-corrected chi connectivity index (χ3v) is 2.23. The van der Waals surface area contributed by atoms with Crippen LogP contribution in [-0.2, 0) is 0 Å². The van der Waals surface area contributed by atoms with Gasteiger partial charge in [0.25, 0.3) is 0 Å². The Hall–Kier alpha value is -0.470. The maximum atomic E-state index is 12.6. The molecule has 0 fully saturated rings. The molecule has 0 bridgehead atoms. The molecule has 0 unspecified atom stereocenters. The first kappa shape index (κ1) is 8.62. The van der Waals surface area contributed by atoms with E-state index in [4.69, 9.17) is 28.3 Å². The first-order chi connectivity index (χ1) is 5.04. The Morgan fingerprint density at radius 1 is 1.45 bits per heavy atom. The summed E-state index contributed by atoms with van der Waals surface area (Å²) in [6.45, 7) is 1.60. The molecular formula is C7H5Cl2FO. The van der Waals surface area contributed by atoms with Gasteiger partial charge in [-0.25, -0.2) is 4.39 Å². The van der Waals surface area contributed by atoms with Gasteiger partial charge in [0.05, 0.1) is 5.02 Å². The molecule has 1 N–H and O–H groups in total. The lowest BCUT2D eigenvalue weighted by atomic mass is 10.2. The van der Waals surface area contributed by atoms with Crippen molar-refractivity contribution in [3.8, 4) is 5.75 Å².